The fraction of sp³-hybridized carbons (Fsp3) is 0.467. The number of aromatic nitrogens is 3. The Kier molecular flexibility index (Phi) is 3.54. The molecule has 2 heterocycles. The number of rotatable bonds is 4. The van der Waals surface area contributed by atoms with Crippen molar-refractivity contribution in [2.45, 2.75) is 26.0 Å². The molecule has 1 aromatic heterocycles. The molecular formula is C15H20N4O. The quantitative estimate of drug-likeness (QED) is 0.916. The molecule has 1 aliphatic rings. The zero-order valence-electron chi connectivity index (χ0n) is 11.9. The Morgan fingerprint density at radius 1 is 1.25 bits per heavy atom. The van der Waals surface area contributed by atoms with Crippen LogP contribution in [0.2, 0.25) is 0 Å². The van der Waals surface area contributed by atoms with Gasteiger partial charge in [0, 0.05) is 19.6 Å². The van der Waals surface area contributed by atoms with Gasteiger partial charge in [0.05, 0.1) is 12.1 Å². The molecule has 3 rings (SSSR count). The monoisotopic (exact) mass is 272 g/mol. The van der Waals surface area contributed by atoms with Crippen molar-refractivity contribution in [1.82, 2.24) is 19.7 Å². The van der Waals surface area contributed by atoms with Crippen LogP contribution in [0, 0.1) is 13.8 Å². The van der Waals surface area contributed by atoms with Gasteiger partial charge in [0.15, 0.2) is 0 Å². The standard InChI is InChI=1S/C15H20N4O/c1-11-16-12(2)19(17-11)14-8-18(9-14)10-15(20)13-6-4-3-5-7-13/h3-7,14-15,20H,8-10H2,1-2H3/t15-/m1/s1. The number of nitrogens with zero attached hydrogens (tertiary/aromatic N) is 4. The number of likely N-dealkylation sites (tertiary alicyclic amines) is 1. The number of hydrogen-bond acceptors (Lipinski definition) is 4. The van der Waals surface area contributed by atoms with Crippen molar-refractivity contribution < 1.29 is 5.11 Å². The van der Waals surface area contributed by atoms with Crippen LogP contribution in [-0.4, -0.2) is 44.4 Å². The molecule has 0 aliphatic carbocycles. The Hall–Kier alpha value is -1.72. The first-order valence-corrected chi connectivity index (χ1v) is 6.98. The fourth-order valence-electron chi connectivity index (χ4n) is 2.75. The first kappa shape index (κ1) is 13.3. The van der Waals surface area contributed by atoms with E-state index in [4.69, 9.17) is 0 Å². The molecule has 0 unspecified atom stereocenters. The van der Waals surface area contributed by atoms with E-state index in [9.17, 15) is 5.11 Å². The first-order valence-electron chi connectivity index (χ1n) is 6.98. The highest BCUT2D eigenvalue weighted by molar-refractivity contribution is 5.17. The average molecular weight is 272 g/mol. The second kappa shape index (κ2) is 5.34. The predicted octanol–water partition coefficient (Wildman–Crippen LogP) is 1.49. The van der Waals surface area contributed by atoms with E-state index in [1.165, 1.54) is 0 Å². The molecule has 1 fully saturated rings. The van der Waals surface area contributed by atoms with Crippen molar-refractivity contribution in [3.63, 3.8) is 0 Å². The molecule has 5 heteroatoms. The van der Waals surface area contributed by atoms with E-state index in [0.717, 1.165) is 30.3 Å². The Bertz CT molecular complexity index is 575. The molecule has 1 aliphatic heterocycles. The summed E-state index contributed by atoms with van der Waals surface area (Å²) in [6.45, 7) is 6.43. The second-order valence-electron chi connectivity index (χ2n) is 5.45. The summed E-state index contributed by atoms with van der Waals surface area (Å²) in [6, 6.07) is 10.2. The lowest BCUT2D eigenvalue weighted by molar-refractivity contribution is 0.0392. The molecule has 1 saturated heterocycles. The van der Waals surface area contributed by atoms with Gasteiger partial charge in [-0.1, -0.05) is 30.3 Å². The summed E-state index contributed by atoms with van der Waals surface area (Å²) in [6.07, 6.45) is -0.421. The Morgan fingerprint density at radius 2 is 1.95 bits per heavy atom. The Morgan fingerprint density at radius 3 is 2.55 bits per heavy atom. The van der Waals surface area contributed by atoms with Crippen LogP contribution in [0.25, 0.3) is 0 Å². The summed E-state index contributed by atoms with van der Waals surface area (Å²) in [5.41, 5.74) is 0.976. The number of benzene rings is 1. The number of aliphatic hydroxyl groups excluding tert-OH is 1. The van der Waals surface area contributed by atoms with Crippen molar-refractivity contribution in [2.24, 2.45) is 0 Å². The topological polar surface area (TPSA) is 54.2 Å². The smallest absolute Gasteiger partial charge is 0.147 e. The number of aryl methyl sites for hydroxylation is 2. The van der Waals surface area contributed by atoms with Gasteiger partial charge in [-0.15, -0.1) is 0 Å². The molecule has 20 heavy (non-hydrogen) atoms. The maximum absolute atomic E-state index is 10.2. The van der Waals surface area contributed by atoms with Crippen molar-refractivity contribution in [3.05, 3.63) is 47.5 Å². The zero-order chi connectivity index (χ0) is 14.1. The first-order chi connectivity index (χ1) is 9.63. The zero-order valence-corrected chi connectivity index (χ0v) is 11.9. The summed E-state index contributed by atoms with van der Waals surface area (Å²) in [4.78, 5) is 6.58. The highest BCUT2D eigenvalue weighted by Crippen LogP contribution is 2.24. The number of hydrogen-bond donors (Lipinski definition) is 1. The van der Waals surface area contributed by atoms with E-state index in [0.29, 0.717) is 12.6 Å². The summed E-state index contributed by atoms with van der Waals surface area (Å²) in [7, 11) is 0. The van der Waals surface area contributed by atoms with Gasteiger partial charge in [0.2, 0.25) is 0 Å². The van der Waals surface area contributed by atoms with Crippen molar-refractivity contribution in [3.8, 4) is 0 Å². The van der Waals surface area contributed by atoms with Crippen LogP contribution in [-0.2, 0) is 0 Å². The predicted molar refractivity (Wildman–Crippen MR) is 76.4 cm³/mol. The maximum atomic E-state index is 10.2. The lowest BCUT2D eigenvalue weighted by atomic mass is 10.0. The Labute approximate surface area is 118 Å². The van der Waals surface area contributed by atoms with Gasteiger partial charge < -0.3 is 5.11 Å². The van der Waals surface area contributed by atoms with Gasteiger partial charge in [-0.05, 0) is 19.4 Å². The van der Waals surface area contributed by atoms with Crippen LogP contribution in [0.4, 0.5) is 0 Å². The van der Waals surface area contributed by atoms with Crippen LogP contribution in [0.1, 0.15) is 29.4 Å². The molecule has 0 radical (unpaired) electrons. The fourth-order valence-corrected chi connectivity index (χ4v) is 2.75. The summed E-state index contributed by atoms with van der Waals surface area (Å²) in [5.74, 6) is 1.79. The van der Waals surface area contributed by atoms with E-state index < -0.39 is 6.10 Å². The van der Waals surface area contributed by atoms with Gasteiger partial charge in [-0.25, -0.2) is 9.67 Å². The van der Waals surface area contributed by atoms with Crippen molar-refractivity contribution in [1.29, 1.82) is 0 Å². The molecule has 5 nitrogen and oxygen atoms in total. The third kappa shape index (κ3) is 2.59. The molecule has 0 amide bonds. The average Bonchev–Trinajstić information content (AvgIpc) is 2.73. The van der Waals surface area contributed by atoms with E-state index in [1.807, 2.05) is 48.9 Å². The lowest BCUT2D eigenvalue weighted by Gasteiger charge is -2.40. The largest absolute Gasteiger partial charge is 0.387 e. The molecule has 1 aromatic carbocycles. The molecule has 0 saturated carbocycles. The summed E-state index contributed by atoms with van der Waals surface area (Å²) < 4.78 is 2.00. The van der Waals surface area contributed by atoms with Crippen LogP contribution in [0.5, 0.6) is 0 Å². The van der Waals surface area contributed by atoms with Gasteiger partial charge in [0.1, 0.15) is 11.6 Å². The lowest BCUT2D eigenvalue weighted by Crippen LogP contribution is -2.49. The van der Waals surface area contributed by atoms with Crippen LogP contribution < -0.4 is 0 Å². The van der Waals surface area contributed by atoms with E-state index in [2.05, 4.69) is 15.0 Å². The van der Waals surface area contributed by atoms with Gasteiger partial charge in [0.25, 0.3) is 0 Å². The van der Waals surface area contributed by atoms with E-state index in [1.54, 1.807) is 0 Å². The molecule has 1 N–H and O–H groups in total. The second-order valence-corrected chi connectivity index (χ2v) is 5.45. The minimum absolute atomic E-state index is 0.388. The molecule has 0 bridgehead atoms. The minimum Gasteiger partial charge on any atom is -0.387 e. The summed E-state index contributed by atoms with van der Waals surface area (Å²) in [5, 5.41) is 14.6. The van der Waals surface area contributed by atoms with Gasteiger partial charge in [-0.2, -0.15) is 5.10 Å². The molecule has 1 atom stereocenters. The van der Waals surface area contributed by atoms with E-state index in [-0.39, 0.29) is 0 Å². The van der Waals surface area contributed by atoms with E-state index >= 15 is 0 Å². The highest BCUT2D eigenvalue weighted by atomic mass is 16.3. The van der Waals surface area contributed by atoms with Gasteiger partial charge in [-0.3, -0.25) is 4.90 Å². The van der Waals surface area contributed by atoms with Crippen LogP contribution in [0.15, 0.2) is 30.3 Å². The van der Waals surface area contributed by atoms with Crippen LogP contribution in [0.3, 0.4) is 0 Å². The molecule has 2 aromatic rings. The minimum atomic E-state index is -0.421. The molecular weight excluding hydrogens is 252 g/mol. The maximum Gasteiger partial charge on any atom is 0.147 e. The van der Waals surface area contributed by atoms with Gasteiger partial charge >= 0.3 is 0 Å². The SMILES string of the molecule is Cc1nc(C)n(C2CN(C[C@@H](O)c3ccccc3)C2)n1. The Balaban J connectivity index is 1.55. The van der Waals surface area contributed by atoms with Crippen molar-refractivity contribution in [2.75, 3.05) is 19.6 Å². The summed E-state index contributed by atoms with van der Waals surface area (Å²) >= 11 is 0. The normalized spacial score (nSPS) is 17.9. The molecule has 106 valence electrons. The number of aliphatic hydroxyl groups is 1. The molecule has 0 spiro atoms. The van der Waals surface area contributed by atoms with Crippen molar-refractivity contribution >= 4 is 0 Å². The third-order valence-corrected chi connectivity index (χ3v) is 3.81. The van der Waals surface area contributed by atoms with Crippen LogP contribution >= 0.6 is 0 Å². The highest BCUT2D eigenvalue weighted by Gasteiger charge is 2.31. The number of β-amino-alcohol motifs (C(OH)–C–C–N with tert-alkyl or cyclic N) is 1. The third-order valence-electron chi connectivity index (χ3n) is 3.81.